The van der Waals surface area contributed by atoms with Crippen LogP contribution in [0.5, 0.6) is 0 Å². The van der Waals surface area contributed by atoms with E-state index in [1.54, 1.807) is 0 Å². The molecule has 0 unspecified atom stereocenters. The summed E-state index contributed by atoms with van der Waals surface area (Å²) in [5.41, 5.74) is -0.330. The summed E-state index contributed by atoms with van der Waals surface area (Å²) in [4.78, 5) is 0. The number of rotatable bonds is 3. The highest BCUT2D eigenvalue weighted by molar-refractivity contribution is 6.61. The molecule has 1 aliphatic rings. The second kappa shape index (κ2) is 4.77. The molecule has 0 amide bonds. The lowest BCUT2D eigenvalue weighted by atomic mass is 9.82. The zero-order valence-electron chi connectivity index (χ0n) is 12.0. The van der Waals surface area contributed by atoms with Crippen molar-refractivity contribution in [3.05, 3.63) is 12.4 Å². The minimum atomic E-state index is -4.18. The molecule has 0 bridgehead atoms. The van der Waals surface area contributed by atoms with Gasteiger partial charge in [-0.3, -0.25) is 4.68 Å². The number of hydrogen-bond acceptors (Lipinski definition) is 3. The molecule has 8 heteroatoms. The molecule has 1 fully saturated rings. The Morgan fingerprint density at radius 3 is 2.25 bits per heavy atom. The fourth-order valence-corrected chi connectivity index (χ4v) is 1.84. The molecule has 0 radical (unpaired) electrons. The Morgan fingerprint density at radius 1 is 1.20 bits per heavy atom. The number of hydrogen-bond donors (Lipinski definition) is 0. The van der Waals surface area contributed by atoms with Crippen LogP contribution in [0.2, 0.25) is 0 Å². The molecule has 1 aliphatic heterocycles. The third-order valence-electron chi connectivity index (χ3n) is 3.80. The molecule has 1 saturated heterocycles. The van der Waals surface area contributed by atoms with Crippen molar-refractivity contribution in [2.75, 3.05) is 0 Å². The van der Waals surface area contributed by atoms with E-state index in [4.69, 9.17) is 9.31 Å². The lowest BCUT2D eigenvalue weighted by Gasteiger charge is -2.32. The first kappa shape index (κ1) is 15.4. The van der Waals surface area contributed by atoms with Crippen LogP contribution in [-0.2, 0) is 15.9 Å². The first-order valence-corrected chi connectivity index (χ1v) is 6.45. The molecule has 2 rings (SSSR count). The number of aryl methyl sites for hydroxylation is 1. The van der Waals surface area contributed by atoms with Gasteiger partial charge in [0.25, 0.3) is 0 Å². The summed E-state index contributed by atoms with van der Waals surface area (Å²) in [6, 6.07) is 0. The average Bonchev–Trinajstić information content (AvgIpc) is 2.79. The molecule has 2 heterocycles. The van der Waals surface area contributed by atoms with E-state index >= 15 is 0 Å². The minimum absolute atomic E-state index is 0.205. The summed E-state index contributed by atoms with van der Waals surface area (Å²) < 4.78 is 49.4. The van der Waals surface area contributed by atoms with E-state index in [0.717, 1.165) is 0 Å². The first-order chi connectivity index (χ1) is 9.00. The second-order valence-corrected chi connectivity index (χ2v) is 5.99. The molecule has 0 spiro atoms. The monoisotopic (exact) mass is 290 g/mol. The molecular weight excluding hydrogens is 272 g/mol. The van der Waals surface area contributed by atoms with Crippen LogP contribution < -0.4 is 5.46 Å². The zero-order chi connectivity index (χ0) is 15.2. The summed E-state index contributed by atoms with van der Waals surface area (Å²) in [5.74, 6) is 0. The smallest absolute Gasteiger partial charge is 0.399 e. The average molecular weight is 290 g/mol. The summed E-state index contributed by atoms with van der Waals surface area (Å²) in [7, 11) is -0.598. The van der Waals surface area contributed by atoms with Crippen molar-refractivity contribution in [1.82, 2.24) is 9.78 Å². The van der Waals surface area contributed by atoms with Crippen molar-refractivity contribution in [3.8, 4) is 0 Å². The van der Waals surface area contributed by atoms with Crippen LogP contribution in [0.3, 0.4) is 0 Å². The van der Waals surface area contributed by atoms with Crippen LogP contribution >= 0.6 is 0 Å². The van der Waals surface area contributed by atoms with E-state index < -0.39 is 30.9 Å². The highest BCUT2D eigenvalue weighted by Crippen LogP contribution is 2.36. The Bertz CT molecular complexity index is 469. The van der Waals surface area contributed by atoms with Crippen molar-refractivity contribution < 1.29 is 22.5 Å². The summed E-state index contributed by atoms with van der Waals surface area (Å²) >= 11 is 0. The Morgan fingerprint density at radius 2 is 1.75 bits per heavy atom. The third kappa shape index (κ3) is 3.17. The van der Waals surface area contributed by atoms with E-state index in [1.807, 2.05) is 27.7 Å². The zero-order valence-corrected chi connectivity index (χ0v) is 12.0. The molecular formula is C12H18BF3N2O2. The van der Waals surface area contributed by atoms with Gasteiger partial charge in [-0.25, -0.2) is 0 Å². The molecule has 0 aromatic carbocycles. The number of halogens is 3. The highest BCUT2D eigenvalue weighted by atomic mass is 19.4. The van der Waals surface area contributed by atoms with Gasteiger partial charge in [0.1, 0.15) is 0 Å². The predicted octanol–water partition coefficient (Wildman–Crippen LogP) is 2.13. The van der Waals surface area contributed by atoms with Gasteiger partial charge in [0.2, 0.25) is 0 Å². The minimum Gasteiger partial charge on any atom is -0.399 e. The van der Waals surface area contributed by atoms with Gasteiger partial charge in [-0.2, -0.15) is 18.3 Å². The topological polar surface area (TPSA) is 36.3 Å². The molecule has 4 nitrogen and oxygen atoms in total. The maximum Gasteiger partial charge on any atom is 0.498 e. The van der Waals surface area contributed by atoms with E-state index in [9.17, 15) is 13.2 Å². The highest BCUT2D eigenvalue weighted by Gasteiger charge is 2.52. The third-order valence-corrected chi connectivity index (χ3v) is 3.80. The quantitative estimate of drug-likeness (QED) is 0.800. The number of nitrogens with zero attached hydrogens (tertiary/aromatic N) is 2. The lowest BCUT2D eigenvalue weighted by Crippen LogP contribution is -2.41. The molecule has 20 heavy (non-hydrogen) atoms. The van der Waals surface area contributed by atoms with Crippen molar-refractivity contribution in [2.24, 2.45) is 0 Å². The van der Waals surface area contributed by atoms with Crippen molar-refractivity contribution in [1.29, 1.82) is 0 Å². The standard InChI is InChI=1S/C12H18BF3N2O2/c1-10(2)11(3,4)20-13(19-10)9-7-17-18(8-9)6-5-12(14,15)16/h7-8H,5-6H2,1-4H3. The maximum atomic E-state index is 12.2. The summed E-state index contributed by atoms with van der Waals surface area (Å²) in [5, 5.41) is 3.92. The van der Waals surface area contributed by atoms with Gasteiger partial charge in [-0.05, 0) is 27.7 Å². The van der Waals surface area contributed by atoms with Crippen LogP contribution in [0.1, 0.15) is 34.1 Å². The molecule has 0 atom stereocenters. The molecule has 0 N–H and O–H groups in total. The van der Waals surface area contributed by atoms with Gasteiger partial charge in [0.15, 0.2) is 0 Å². The van der Waals surface area contributed by atoms with Gasteiger partial charge < -0.3 is 9.31 Å². The number of alkyl halides is 3. The fraction of sp³-hybridized carbons (Fsp3) is 0.750. The van der Waals surface area contributed by atoms with Crippen molar-refractivity contribution in [2.45, 2.75) is 58.0 Å². The molecule has 0 aliphatic carbocycles. The number of aromatic nitrogens is 2. The van der Waals surface area contributed by atoms with Crippen LogP contribution in [-0.4, -0.2) is 34.3 Å². The lowest BCUT2D eigenvalue weighted by molar-refractivity contribution is -0.137. The molecule has 1 aromatic heterocycles. The van der Waals surface area contributed by atoms with Gasteiger partial charge in [-0.1, -0.05) is 0 Å². The van der Waals surface area contributed by atoms with E-state index in [2.05, 4.69) is 5.10 Å². The normalized spacial score (nSPS) is 21.4. The van der Waals surface area contributed by atoms with Gasteiger partial charge in [0, 0.05) is 24.4 Å². The Balaban J connectivity index is 2.04. The van der Waals surface area contributed by atoms with Gasteiger partial charge in [0.05, 0.1) is 17.6 Å². The van der Waals surface area contributed by atoms with E-state index in [1.165, 1.54) is 17.1 Å². The summed E-state index contributed by atoms with van der Waals surface area (Å²) in [6.45, 7) is 7.47. The summed E-state index contributed by atoms with van der Waals surface area (Å²) in [6.07, 6.45) is -2.07. The van der Waals surface area contributed by atoms with Crippen LogP contribution in [0.4, 0.5) is 13.2 Å². The SMILES string of the molecule is CC1(C)OB(c2cnn(CCC(F)(F)F)c2)OC1(C)C. The second-order valence-electron chi connectivity index (χ2n) is 5.99. The van der Waals surface area contributed by atoms with Gasteiger partial charge >= 0.3 is 13.3 Å². The van der Waals surface area contributed by atoms with Crippen molar-refractivity contribution >= 4 is 12.6 Å². The van der Waals surface area contributed by atoms with E-state index in [-0.39, 0.29) is 6.54 Å². The Labute approximate surface area is 116 Å². The Kier molecular flexibility index (Phi) is 3.67. The van der Waals surface area contributed by atoms with Crippen LogP contribution in [0.25, 0.3) is 0 Å². The predicted molar refractivity (Wildman–Crippen MR) is 68.6 cm³/mol. The molecule has 1 aromatic rings. The molecule has 112 valence electrons. The van der Waals surface area contributed by atoms with Crippen LogP contribution in [0.15, 0.2) is 12.4 Å². The first-order valence-electron chi connectivity index (χ1n) is 6.45. The molecule has 0 saturated carbocycles. The van der Waals surface area contributed by atoms with Gasteiger partial charge in [-0.15, -0.1) is 0 Å². The fourth-order valence-electron chi connectivity index (χ4n) is 1.84. The Hall–Kier alpha value is -1.02. The maximum absolute atomic E-state index is 12.2. The van der Waals surface area contributed by atoms with E-state index in [0.29, 0.717) is 5.46 Å². The van der Waals surface area contributed by atoms with Crippen molar-refractivity contribution in [3.63, 3.8) is 0 Å². The van der Waals surface area contributed by atoms with Crippen LogP contribution in [0, 0.1) is 0 Å². The largest absolute Gasteiger partial charge is 0.498 e.